The van der Waals surface area contributed by atoms with Gasteiger partial charge in [-0.3, -0.25) is 0 Å². The van der Waals surface area contributed by atoms with Gasteiger partial charge in [0.05, 0.1) is 7.11 Å². The molecule has 0 unspecified atom stereocenters. The highest BCUT2D eigenvalue weighted by Gasteiger charge is 2.11. The molecule has 21 heavy (non-hydrogen) atoms. The normalized spacial score (nSPS) is 12.2. The number of halogens is 1. The van der Waals surface area contributed by atoms with Crippen molar-refractivity contribution in [2.24, 2.45) is 0 Å². The Morgan fingerprint density at radius 1 is 1.33 bits per heavy atom. The molecule has 4 nitrogen and oxygen atoms in total. The number of hydrogen-bond acceptors (Lipinski definition) is 4. The zero-order chi connectivity index (χ0) is 15.4. The average Bonchev–Trinajstić information content (AvgIpc) is 2.45. The van der Waals surface area contributed by atoms with Gasteiger partial charge in [0.1, 0.15) is 11.6 Å². The van der Waals surface area contributed by atoms with Crippen LogP contribution in [-0.2, 0) is 6.54 Å². The predicted molar refractivity (Wildman–Crippen MR) is 84.8 cm³/mol. The zero-order valence-electron chi connectivity index (χ0n) is 12.8. The summed E-state index contributed by atoms with van der Waals surface area (Å²) in [6.07, 6.45) is 1.88. The predicted octanol–water partition coefficient (Wildman–Crippen LogP) is 3.61. The Labute approximate surface area is 130 Å². The minimum absolute atomic E-state index is 0.147. The molecule has 0 saturated heterocycles. The van der Waals surface area contributed by atoms with Gasteiger partial charge in [0.15, 0.2) is 0 Å². The van der Waals surface area contributed by atoms with E-state index in [1.165, 1.54) is 0 Å². The summed E-state index contributed by atoms with van der Waals surface area (Å²) in [6, 6.07) is 5.77. The lowest BCUT2D eigenvalue weighted by Gasteiger charge is -2.17. The number of ether oxygens (including phenoxy) is 1. The van der Waals surface area contributed by atoms with Crippen LogP contribution < -0.4 is 10.1 Å². The maximum atomic E-state index is 6.05. The first kappa shape index (κ1) is 15.7. The van der Waals surface area contributed by atoms with E-state index in [2.05, 4.69) is 22.2 Å². The highest BCUT2D eigenvalue weighted by Crippen LogP contribution is 2.23. The molecule has 0 aliphatic heterocycles. The fourth-order valence-electron chi connectivity index (χ4n) is 2.28. The van der Waals surface area contributed by atoms with Crippen LogP contribution in [0.5, 0.6) is 5.75 Å². The van der Waals surface area contributed by atoms with E-state index < -0.39 is 0 Å². The smallest absolute Gasteiger partial charge is 0.125 e. The number of aromatic nitrogens is 2. The summed E-state index contributed by atoms with van der Waals surface area (Å²) in [5.41, 5.74) is 3.13. The summed E-state index contributed by atoms with van der Waals surface area (Å²) < 4.78 is 5.35. The van der Waals surface area contributed by atoms with E-state index in [1.807, 2.05) is 38.2 Å². The molecular formula is C16H20ClN3O. The molecule has 1 heterocycles. The van der Waals surface area contributed by atoms with Crippen LogP contribution in [0.2, 0.25) is 5.02 Å². The molecule has 2 aromatic rings. The van der Waals surface area contributed by atoms with Crippen molar-refractivity contribution in [3.8, 4) is 5.75 Å². The van der Waals surface area contributed by atoms with Gasteiger partial charge in [0.2, 0.25) is 0 Å². The van der Waals surface area contributed by atoms with Gasteiger partial charge in [-0.2, -0.15) is 0 Å². The molecule has 1 N–H and O–H groups in total. The largest absolute Gasteiger partial charge is 0.496 e. The van der Waals surface area contributed by atoms with Crippen LogP contribution in [-0.4, -0.2) is 17.1 Å². The molecule has 1 atom stereocenters. The van der Waals surface area contributed by atoms with Gasteiger partial charge in [-0.1, -0.05) is 11.6 Å². The molecule has 2 rings (SSSR count). The summed E-state index contributed by atoms with van der Waals surface area (Å²) in [5.74, 6) is 1.62. The Bertz CT molecular complexity index is 631. The summed E-state index contributed by atoms with van der Waals surface area (Å²) in [6.45, 7) is 6.66. The topological polar surface area (TPSA) is 47.0 Å². The van der Waals surface area contributed by atoms with E-state index >= 15 is 0 Å². The van der Waals surface area contributed by atoms with Crippen molar-refractivity contribution in [3.05, 3.63) is 52.1 Å². The van der Waals surface area contributed by atoms with Crippen molar-refractivity contribution in [1.82, 2.24) is 15.3 Å². The van der Waals surface area contributed by atoms with Crippen molar-refractivity contribution >= 4 is 11.6 Å². The SMILES string of the molecule is COc1ccc(Cl)cc1CN[C@H](C)c1cnc(C)nc1C. The summed E-state index contributed by atoms with van der Waals surface area (Å²) >= 11 is 6.05. The van der Waals surface area contributed by atoms with Crippen molar-refractivity contribution in [1.29, 1.82) is 0 Å². The summed E-state index contributed by atoms with van der Waals surface area (Å²) in [7, 11) is 1.66. The Morgan fingerprint density at radius 2 is 2.10 bits per heavy atom. The first-order valence-corrected chi connectivity index (χ1v) is 7.25. The number of nitrogens with one attached hydrogen (secondary N) is 1. The van der Waals surface area contributed by atoms with E-state index in [1.54, 1.807) is 7.11 Å². The van der Waals surface area contributed by atoms with E-state index in [4.69, 9.17) is 16.3 Å². The van der Waals surface area contributed by atoms with Gasteiger partial charge in [-0.05, 0) is 39.0 Å². The number of aryl methyl sites for hydroxylation is 2. The van der Waals surface area contributed by atoms with Gasteiger partial charge >= 0.3 is 0 Å². The van der Waals surface area contributed by atoms with Crippen molar-refractivity contribution in [3.63, 3.8) is 0 Å². The second-order valence-corrected chi connectivity index (χ2v) is 5.45. The molecule has 0 aliphatic rings. The standard InChI is InChI=1S/C16H20ClN3O/c1-10(15-9-19-12(3)20-11(15)2)18-8-13-7-14(17)5-6-16(13)21-4/h5-7,9-10,18H,8H2,1-4H3/t10-/m1/s1. The van der Waals surface area contributed by atoms with Crippen LogP contribution in [0.1, 0.15) is 35.6 Å². The number of rotatable bonds is 5. The van der Waals surface area contributed by atoms with Gasteiger partial charge in [-0.25, -0.2) is 9.97 Å². The third kappa shape index (κ3) is 3.93. The highest BCUT2D eigenvalue weighted by atomic mass is 35.5. The molecular weight excluding hydrogens is 286 g/mol. The minimum Gasteiger partial charge on any atom is -0.496 e. The molecule has 0 fully saturated rings. The lowest BCUT2D eigenvalue weighted by molar-refractivity contribution is 0.406. The van der Waals surface area contributed by atoms with E-state index in [0.29, 0.717) is 11.6 Å². The third-order valence-electron chi connectivity index (χ3n) is 3.45. The van der Waals surface area contributed by atoms with Gasteiger partial charge in [-0.15, -0.1) is 0 Å². The van der Waals surface area contributed by atoms with E-state index in [9.17, 15) is 0 Å². The van der Waals surface area contributed by atoms with Crippen molar-refractivity contribution in [2.45, 2.75) is 33.4 Å². The fourth-order valence-corrected chi connectivity index (χ4v) is 2.47. The summed E-state index contributed by atoms with van der Waals surface area (Å²) in [5, 5.41) is 4.16. The molecule has 0 amide bonds. The molecule has 1 aromatic carbocycles. The molecule has 0 aliphatic carbocycles. The van der Waals surface area contributed by atoms with Gasteiger partial charge < -0.3 is 10.1 Å². The molecule has 112 valence electrons. The second-order valence-electron chi connectivity index (χ2n) is 5.02. The van der Waals surface area contributed by atoms with Gasteiger partial charge in [0.25, 0.3) is 0 Å². The molecule has 0 radical (unpaired) electrons. The quantitative estimate of drug-likeness (QED) is 0.917. The fraction of sp³-hybridized carbons (Fsp3) is 0.375. The third-order valence-corrected chi connectivity index (χ3v) is 3.68. The molecule has 0 saturated carbocycles. The lowest BCUT2D eigenvalue weighted by Crippen LogP contribution is -2.20. The maximum absolute atomic E-state index is 6.05. The van der Waals surface area contributed by atoms with Crippen molar-refractivity contribution in [2.75, 3.05) is 7.11 Å². The van der Waals surface area contributed by atoms with Crippen LogP contribution in [0.3, 0.4) is 0 Å². The minimum atomic E-state index is 0.147. The van der Waals surface area contributed by atoms with Crippen LogP contribution in [0.15, 0.2) is 24.4 Å². The Balaban J connectivity index is 2.10. The van der Waals surface area contributed by atoms with Gasteiger partial charge in [0, 0.05) is 40.6 Å². The van der Waals surface area contributed by atoms with Crippen LogP contribution in [0, 0.1) is 13.8 Å². The van der Waals surface area contributed by atoms with Crippen molar-refractivity contribution < 1.29 is 4.74 Å². The lowest BCUT2D eigenvalue weighted by atomic mass is 10.1. The zero-order valence-corrected chi connectivity index (χ0v) is 13.5. The molecule has 1 aromatic heterocycles. The Kier molecular flexibility index (Phi) is 5.15. The first-order valence-electron chi connectivity index (χ1n) is 6.87. The summed E-state index contributed by atoms with van der Waals surface area (Å²) in [4.78, 5) is 8.67. The maximum Gasteiger partial charge on any atom is 0.125 e. The van der Waals surface area contributed by atoms with E-state index in [-0.39, 0.29) is 6.04 Å². The molecule has 5 heteroatoms. The monoisotopic (exact) mass is 305 g/mol. The molecule has 0 bridgehead atoms. The highest BCUT2D eigenvalue weighted by molar-refractivity contribution is 6.30. The first-order chi connectivity index (χ1) is 10.0. The molecule has 0 spiro atoms. The number of hydrogen-bond donors (Lipinski definition) is 1. The van der Waals surface area contributed by atoms with Crippen LogP contribution >= 0.6 is 11.6 Å². The van der Waals surface area contributed by atoms with Crippen LogP contribution in [0.4, 0.5) is 0 Å². The second kappa shape index (κ2) is 6.87. The number of nitrogens with zero attached hydrogens (tertiary/aromatic N) is 2. The van der Waals surface area contributed by atoms with Crippen LogP contribution in [0.25, 0.3) is 0 Å². The number of benzene rings is 1. The Hall–Kier alpha value is -1.65. The number of methoxy groups -OCH3 is 1. The Morgan fingerprint density at radius 3 is 2.76 bits per heavy atom. The van der Waals surface area contributed by atoms with E-state index in [0.717, 1.165) is 28.4 Å². The average molecular weight is 306 g/mol.